The summed E-state index contributed by atoms with van der Waals surface area (Å²) < 4.78 is 6.43. The van der Waals surface area contributed by atoms with Crippen LogP contribution in [0, 0.1) is 0 Å². The molecule has 1 atom stereocenters. The third-order valence-electron chi connectivity index (χ3n) is 4.33. The van der Waals surface area contributed by atoms with Crippen molar-refractivity contribution in [1.29, 1.82) is 0 Å². The summed E-state index contributed by atoms with van der Waals surface area (Å²) in [5.74, 6) is 0. The highest BCUT2D eigenvalue weighted by Gasteiger charge is 2.23. The normalized spacial score (nSPS) is 13.7. The second-order valence-corrected chi connectivity index (χ2v) is 11.4. The summed E-state index contributed by atoms with van der Waals surface area (Å²) in [6, 6.07) is 1.24. The van der Waals surface area contributed by atoms with E-state index in [1.54, 1.807) is 0 Å². The van der Waals surface area contributed by atoms with Gasteiger partial charge in [-0.25, -0.2) is 0 Å². The lowest BCUT2D eigenvalue weighted by atomic mass is 10.0. The Hall–Kier alpha value is 0.177. The first-order valence-corrected chi connectivity index (χ1v) is 12.3. The molecule has 0 radical (unpaired) electrons. The van der Waals surface area contributed by atoms with Gasteiger partial charge in [-0.2, -0.15) is 0 Å². The van der Waals surface area contributed by atoms with Crippen molar-refractivity contribution in [3.8, 4) is 0 Å². The molecule has 0 amide bonds. The Labute approximate surface area is 130 Å². The lowest BCUT2D eigenvalue weighted by Crippen LogP contribution is -2.34. The Kier molecular flexibility index (Phi) is 13.0. The molecule has 0 heterocycles. The van der Waals surface area contributed by atoms with Crippen LogP contribution >= 0.6 is 0 Å². The van der Waals surface area contributed by atoms with E-state index >= 15 is 0 Å². The van der Waals surface area contributed by atoms with E-state index in [0.717, 1.165) is 0 Å². The van der Waals surface area contributed by atoms with E-state index in [1.807, 2.05) is 0 Å². The topological polar surface area (TPSA) is 9.23 Å². The largest absolute Gasteiger partial charge is 0.414 e. The Morgan fingerprint density at radius 3 is 1.75 bits per heavy atom. The third kappa shape index (κ3) is 12.0. The van der Waals surface area contributed by atoms with Crippen LogP contribution in [0.25, 0.3) is 0 Å². The Morgan fingerprint density at radius 1 is 0.700 bits per heavy atom. The van der Waals surface area contributed by atoms with Crippen LogP contribution < -0.4 is 0 Å². The fraction of sp³-hybridized carbons (Fsp3) is 1.00. The van der Waals surface area contributed by atoms with E-state index in [4.69, 9.17) is 4.43 Å². The molecule has 0 spiro atoms. The highest BCUT2D eigenvalue weighted by atomic mass is 28.4. The molecular formula is C18H40OSi. The molecule has 20 heavy (non-hydrogen) atoms. The van der Waals surface area contributed by atoms with Crippen molar-refractivity contribution >= 4 is 8.32 Å². The van der Waals surface area contributed by atoms with Gasteiger partial charge in [0.05, 0.1) is 0 Å². The molecule has 0 saturated carbocycles. The van der Waals surface area contributed by atoms with Gasteiger partial charge in [0.2, 0.25) is 0 Å². The van der Waals surface area contributed by atoms with Gasteiger partial charge in [-0.1, -0.05) is 78.6 Å². The zero-order chi connectivity index (χ0) is 15.3. The number of hydrogen-bond donors (Lipinski definition) is 0. The third-order valence-corrected chi connectivity index (χ3v) is 7.00. The van der Waals surface area contributed by atoms with Crippen LogP contribution in [0.4, 0.5) is 0 Å². The molecule has 0 aliphatic carbocycles. The summed E-state index contributed by atoms with van der Waals surface area (Å²) in [5.41, 5.74) is 0. The summed E-state index contributed by atoms with van der Waals surface area (Å²) in [5, 5.41) is 0. The van der Waals surface area contributed by atoms with Crippen molar-refractivity contribution in [2.24, 2.45) is 0 Å². The van der Waals surface area contributed by atoms with Crippen LogP contribution in [0.1, 0.15) is 91.4 Å². The second kappa shape index (κ2) is 12.9. The maximum absolute atomic E-state index is 6.43. The van der Waals surface area contributed by atoms with Gasteiger partial charge >= 0.3 is 0 Å². The van der Waals surface area contributed by atoms with Gasteiger partial charge in [-0.3, -0.25) is 0 Å². The molecule has 2 heteroatoms. The van der Waals surface area contributed by atoms with E-state index in [0.29, 0.717) is 6.10 Å². The van der Waals surface area contributed by atoms with Crippen LogP contribution in [0.5, 0.6) is 0 Å². The van der Waals surface area contributed by atoms with Crippen LogP contribution in [-0.4, -0.2) is 14.4 Å². The predicted octanol–water partition coefficient (Wildman–Crippen LogP) is 6.93. The minimum absolute atomic E-state index is 0.543. The van der Waals surface area contributed by atoms with Gasteiger partial charge in [0, 0.05) is 6.10 Å². The molecule has 0 bridgehead atoms. The van der Waals surface area contributed by atoms with Crippen molar-refractivity contribution < 1.29 is 4.43 Å². The van der Waals surface area contributed by atoms with Gasteiger partial charge in [0.25, 0.3) is 0 Å². The van der Waals surface area contributed by atoms with E-state index in [1.165, 1.54) is 76.7 Å². The monoisotopic (exact) mass is 300 g/mol. The molecule has 0 rings (SSSR count). The van der Waals surface area contributed by atoms with Gasteiger partial charge in [-0.15, -0.1) is 0 Å². The molecule has 0 saturated heterocycles. The Bertz CT molecular complexity index is 204. The summed E-state index contributed by atoms with van der Waals surface area (Å²) in [6.07, 6.45) is 15.6. The Morgan fingerprint density at radius 2 is 1.25 bits per heavy atom. The number of unbranched alkanes of at least 4 members (excludes halogenated alkanes) is 7. The SMILES string of the molecule is CCCCCCCCCCC(CCC)O[Si](C)(C)CC. The zero-order valence-electron chi connectivity index (χ0n) is 15.0. The number of rotatable bonds is 14. The maximum atomic E-state index is 6.43. The zero-order valence-corrected chi connectivity index (χ0v) is 16.0. The lowest BCUT2D eigenvalue weighted by Gasteiger charge is -2.28. The average molecular weight is 301 g/mol. The van der Waals surface area contributed by atoms with Gasteiger partial charge in [0.15, 0.2) is 8.32 Å². The summed E-state index contributed by atoms with van der Waals surface area (Å²) in [6.45, 7) is 11.6. The lowest BCUT2D eigenvalue weighted by molar-refractivity contribution is 0.166. The summed E-state index contributed by atoms with van der Waals surface area (Å²) >= 11 is 0. The first kappa shape index (κ1) is 20.2. The van der Waals surface area contributed by atoms with Crippen molar-refractivity contribution in [2.45, 2.75) is 117 Å². The highest BCUT2D eigenvalue weighted by Crippen LogP contribution is 2.20. The Balaban J connectivity index is 3.65. The van der Waals surface area contributed by atoms with E-state index < -0.39 is 8.32 Å². The molecule has 0 fully saturated rings. The molecule has 1 nitrogen and oxygen atoms in total. The minimum atomic E-state index is -1.37. The van der Waals surface area contributed by atoms with E-state index in [9.17, 15) is 0 Å². The van der Waals surface area contributed by atoms with Crippen LogP contribution in [0.3, 0.4) is 0 Å². The first-order valence-electron chi connectivity index (χ1n) is 9.23. The number of hydrogen-bond acceptors (Lipinski definition) is 1. The molecule has 0 aliphatic heterocycles. The fourth-order valence-electron chi connectivity index (χ4n) is 2.62. The van der Waals surface area contributed by atoms with Crippen molar-refractivity contribution in [2.75, 3.05) is 0 Å². The molecule has 0 aliphatic rings. The summed E-state index contributed by atoms with van der Waals surface area (Å²) in [4.78, 5) is 0. The molecular weight excluding hydrogens is 260 g/mol. The van der Waals surface area contributed by atoms with E-state index in [-0.39, 0.29) is 0 Å². The van der Waals surface area contributed by atoms with Gasteiger partial charge in [-0.05, 0) is 32.0 Å². The van der Waals surface area contributed by atoms with Gasteiger partial charge in [0.1, 0.15) is 0 Å². The average Bonchev–Trinajstić information content (AvgIpc) is 2.41. The smallest absolute Gasteiger partial charge is 0.186 e. The van der Waals surface area contributed by atoms with Crippen molar-refractivity contribution in [3.05, 3.63) is 0 Å². The van der Waals surface area contributed by atoms with Crippen LogP contribution in [0.2, 0.25) is 19.1 Å². The van der Waals surface area contributed by atoms with Crippen molar-refractivity contribution in [3.63, 3.8) is 0 Å². The minimum Gasteiger partial charge on any atom is -0.414 e. The van der Waals surface area contributed by atoms with Crippen LogP contribution in [0.15, 0.2) is 0 Å². The molecule has 0 aromatic rings. The summed E-state index contributed by atoms with van der Waals surface area (Å²) in [7, 11) is -1.37. The standard InChI is InChI=1S/C18H40OSi/c1-6-9-10-11-12-13-14-15-17-18(16-7-2)19-20(4,5)8-3/h18H,6-17H2,1-5H3. The maximum Gasteiger partial charge on any atom is 0.186 e. The second-order valence-electron chi connectivity index (χ2n) is 6.91. The van der Waals surface area contributed by atoms with Crippen LogP contribution in [-0.2, 0) is 4.43 Å². The molecule has 0 aromatic carbocycles. The molecule has 0 N–H and O–H groups in total. The molecule has 122 valence electrons. The molecule has 0 aromatic heterocycles. The highest BCUT2D eigenvalue weighted by molar-refractivity contribution is 6.71. The van der Waals surface area contributed by atoms with E-state index in [2.05, 4.69) is 33.9 Å². The quantitative estimate of drug-likeness (QED) is 0.250. The van der Waals surface area contributed by atoms with Gasteiger partial charge < -0.3 is 4.43 Å². The predicted molar refractivity (Wildman–Crippen MR) is 95.0 cm³/mol. The molecule has 1 unspecified atom stereocenters. The van der Waals surface area contributed by atoms with Crippen molar-refractivity contribution in [1.82, 2.24) is 0 Å². The fourth-order valence-corrected chi connectivity index (χ4v) is 3.93. The first-order chi connectivity index (χ1) is 9.55.